The number of amides is 2. The zero-order valence-electron chi connectivity index (χ0n) is 15.4. The number of nitrogens with one attached hydrogen (secondary N) is 2. The third-order valence-electron chi connectivity index (χ3n) is 3.75. The zero-order chi connectivity index (χ0) is 19.6. The molecule has 27 heavy (non-hydrogen) atoms. The largest absolute Gasteiger partial charge is 0.445 e. The van der Waals surface area contributed by atoms with Crippen LogP contribution in [0.1, 0.15) is 12.0 Å². The maximum atomic E-state index is 13.0. The fraction of sp³-hybridized carbons (Fsp3) is 0.300. The lowest BCUT2D eigenvalue weighted by Crippen LogP contribution is -2.45. The summed E-state index contributed by atoms with van der Waals surface area (Å²) < 4.78 is 18.2. The van der Waals surface area contributed by atoms with Crippen LogP contribution in [0.3, 0.4) is 0 Å². The van der Waals surface area contributed by atoms with Crippen molar-refractivity contribution in [2.24, 2.45) is 0 Å². The number of halogens is 1. The highest BCUT2D eigenvalue weighted by Gasteiger charge is 2.23. The molecule has 0 fully saturated rings. The summed E-state index contributed by atoms with van der Waals surface area (Å²) in [7, 11) is 0.128. The first-order chi connectivity index (χ1) is 12.9. The lowest BCUT2D eigenvalue weighted by atomic mass is 10.2. The number of benzene rings is 2. The van der Waals surface area contributed by atoms with E-state index in [0.717, 1.165) is 11.3 Å². The van der Waals surface area contributed by atoms with Gasteiger partial charge in [-0.15, -0.1) is 0 Å². The highest BCUT2D eigenvalue weighted by molar-refractivity contribution is 7.95. The molecule has 5 nitrogen and oxygen atoms in total. The normalized spacial score (nSPS) is 11.7. The summed E-state index contributed by atoms with van der Waals surface area (Å²) in [5.41, 5.74) is 1.33. The van der Waals surface area contributed by atoms with Gasteiger partial charge < -0.3 is 15.4 Å². The average molecular weight is 391 g/mol. The molecule has 7 heteroatoms. The predicted molar refractivity (Wildman–Crippen MR) is 107 cm³/mol. The summed E-state index contributed by atoms with van der Waals surface area (Å²) in [6.45, 7) is 0.130. The number of alkyl carbamates (subject to hydrolysis) is 1. The Morgan fingerprint density at radius 1 is 1.07 bits per heavy atom. The summed E-state index contributed by atoms with van der Waals surface area (Å²) in [5.74, 6) is 0.0531. The number of rotatable bonds is 8. The Kier molecular flexibility index (Phi) is 8.13. The zero-order valence-corrected chi connectivity index (χ0v) is 16.2. The fourth-order valence-electron chi connectivity index (χ4n) is 2.29. The lowest BCUT2D eigenvalue weighted by molar-refractivity contribution is -0.118. The van der Waals surface area contributed by atoms with Gasteiger partial charge in [0.1, 0.15) is 24.2 Å². The highest BCUT2D eigenvalue weighted by atomic mass is 32.2. The van der Waals surface area contributed by atoms with Crippen LogP contribution in [0.4, 0.5) is 14.9 Å². The number of anilines is 1. The van der Waals surface area contributed by atoms with Gasteiger partial charge in [0.2, 0.25) is 5.91 Å². The van der Waals surface area contributed by atoms with Crippen molar-refractivity contribution in [3.63, 3.8) is 0 Å². The van der Waals surface area contributed by atoms with Crippen LogP contribution in [0, 0.1) is 5.82 Å². The van der Waals surface area contributed by atoms with E-state index in [0.29, 0.717) is 12.1 Å². The number of hydrogen-bond acceptors (Lipinski definition) is 3. The van der Waals surface area contributed by atoms with Gasteiger partial charge in [-0.05, 0) is 40.7 Å². The molecule has 0 aliphatic rings. The Hall–Kier alpha value is -2.54. The maximum absolute atomic E-state index is 13.0. The number of hydrogen-bond donors (Lipinski definition) is 2. The second kappa shape index (κ2) is 10.6. The molecule has 0 aromatic heterocycles. The molecular weight excluding hydrogens is 367 g/mol. The van der Waals surface area contributed by atoms with Gasteiger partial charge in [-0.1, -0.05) is 30.3 Å². The molecule has 0 aliphatic heterocycles. The predicted octanol–water partition coefficient (Wildman–Crippen LogP) is 3.33. The molecule has 144 valence electrons. The summed E-state index contributed by atoms with van der Waals surface area (Å²) in [6, 6.07) is 14.1. The van der Waals surface area contributed by atoms with E-state index < -0.39 is 12.1 Å². The molecule has 2 aromatic carbocycles. The van der Waals surface area contributed by atoms with E-state index in [1.54, 1.807) is 0 Å². The molecule has 0 bridgehead atoms. The number of ether oxygens (including phenoxy) is 1. The van der Waals surface area contributed by atoms with Crippen LogP contribution in [0.25, 0.3) is 0 Å². The van der Waals surface area contributed by atoms with Gasteiger partial charge in [0, 0.05) is 12.1 Å². The Bertz CT molecular complexity index is 739. The molecular formula is C20H24FN2O3S+. The van der Waals surface area contributed by atoms with E-state index in [9.17, 15) is 14.0 Å². The van der Waals surface area contributed by atoms with Crippen molar-refractivity contribution in [2.75, 3.05) is 23.6 Å². The second-order valence-corrected chi connectivity index (χ2v) is 8.61. The summed E-state index contributed by atoms with van der Waals surface area (Å²) in [6.07, 6.45) is 3.99. The molecule has 1 atom stereocenters. The van der Waals surface area contributed by atoms with Gasteiger partial charge >= 0.3 is 6.09 Å². The van der Waals surface area contributed by atoms with Crippen molar-refractivity contribution < 1.29 is 18.7 Å². The highest BCUT2D eigenvalue weighted by Crippen LogP contribution is 2.10. The first-order valence-electron chi connectivity index (χ1n) is 8.52. The first kappa shape index (κ1) is 20.8. The van der Waals surface area contributed by atoms with Crippen molar-refractivity contribution in [3.05, 3.63) is 66.0 Å². The van der Waals surface area contributed by atoms with Crippen LogP contribution in [0.2, 0.25) is 0 Å². The van der Waals surface area contributed by atoms with Crippen LogP contribution >= 0.6 is 0 Å². The molecule has 0 radical (unpaired) electrons. The van der Waals surface area contributed by atoms with Crippen molar-refractivity contribution in [1.29, 1.82) is 0 Å². The molecule has 0 spiro atoms. The van der Waals surface area contributed by atoms with Gasteiger partial charge in [-0.2, -0.15) is 0 Å². The molecule has 2 rings (SSSR count). The van der Waals surface area contributed by atoms with Crippen molar-refractivity contribution in [1.82, 2.24) is 5.32 Å². The SMILES string of the molecule is C[S+](C)CC[C@H](NC(=O)OCc1ccccc1)C(=O)Nc1ccc(F)cc1. The van der Waals surface area contributed by atoms with Gasteiger partial charge in [-0.3, -0.25) is 4.79 Å². The number of carbonyl (C=O) groups is 2. The molecule has 0 heterocycles. The van der Waals surface area contributed by atoms with Crippen molar-refractivity contribution in [3.8, 4) is 0 Å². The molecule has 2 aromatic rings. The standard InChI is InChI=1S/C20H23FN2O3S/c1-27(2)13-12-18(19(24)22-17-10-8-16(21)9-11-17)23-20(25)26-14-15-6-4-3-5-7-15/h3-11,18H,12-14H2,1-2H3,(H-,22,23,24,25)/p+1/t18-/m0/s1. The quantitative estimate of drug-likeness (QED) is 0.679. The van der Waals surface area contributed by atoms with E-state index in [-0.39, 0.29) is 29.2 Å². The minimum Gasteiger partial charge on any atom is -0.445 e. The Balaban J connectivity index is 1.94. The smallest absolute Gasteiger partial charge is 0.408 e. The summed E-state index contributed by atoms with van der Waals surface area (Å²) in [5, 5.41) is 5.33. The fourth-order valence-corrected chi connectivity index (χ4v) is 3.00. The van der Waals surface area contributed by atoms with E-state index in [2.05, 4.69) is 23.1 Å². The van der Waals surface area contributed by atoms with Crippen LogP contribution in [-0.4, -0.2) is 36.3 Å². The molecule has 0 saturated carbocycles. The van der Waals surface area contributed by atoms with Crippen LogP contribution in [-0.2, 0) is 27.0 Å². The Morgan fingerprint density at radius 2 is 1.74 bits per heavy atom. The minimum atomic E-state index is -0.728. The van der Waals surface area contributed by atoms with E-state index in [4.69, 9.17) is 4.74 Å². The van der Waals surface area contributed by atoms with E-state index >= 15 is 0 Å². The van der Waals surface area contributed by atoms with Crippen molar-refractivity contribution >= 4 is 28.6 Å². The van der Waals surface area contributed by atoms with Gasteiger partial charge in [-0.25, -0.2) is 9.18 Å². The Morgan fingerprint density at radius 3 is 2.37 bits per heavy atom. The van der Waals surface area contributed by atoms with Crippen molar-refractivity contribution in [2.45, 2.75) is 19.1 Å². The first-order valence-corrected chi connectivity index (χ1v) is 10.7. The van der Waals surface area contributed by atoms with Crippen LogP contribution in [0.5, 0.6) is 0 Å². The molecule has 0 saturated heterocycles. The minimum absolute atomic E-state index is 0.128. The van der Waals surface area contributed by atoms with Gasteiger partial charge in [0.05, 0.1) is 12.5 Å². The monoisotopic (exact) mass is 391 g/mol. The Labute approximate surface area is 161 Å². The third kappa shape index (κ3) is 7.70. The van der Waals surface area contributed by atoms with Crippen LogP contribution in [0.15, 0.2) is 54.6 Å². The van der Waals surface area contributed by atoms with E-state index in [1.807, 2.05) is 30.3 Å². The lowest BCUT2D eigenvalue weighted by Gasteiger charge is -2.17. The van der Waals surface area contributed by atoms with Gasteiger partial charge in [0.25, 0.3) is 0 Å². The topological polar surface area (TPSA) is 67.4 Å². The van der Waals surface area contributed by atoms with Gasteiger partial charge in [0.15, 0.2) is 0 Å². The molecule has 2 N–H and O–H groups in total. The van der Waals surface area contributed by atoms with E-state index in [1.165, 1.54) is 24.3 Å². The average Bonchev–Trinajstić information content (AvgIpc) is 2.66. The van der Waals surface area contributed by atoms with Crippen LogP contribution < -0.4 is 10.6 Å². The molecule has 0 aliphatic carbocycles. The molecule has 2 amide bonds. The third-order valence-corrected chi connectivity index (χ3v) is 4.80. The second-order valence-electron chi connectivity index (χ2n) is 6.23. The summed E-state index contributed by atoms with van der Waals surface area (Å²) >= 11 is 0. The maximum Gasteiger partial charge on any atom is 0.408 e. The summed E-state index contributed by atoms with van der Waals surface area (Å²) in [4.78, 5) is 24.7. The molecule has 0 unspecified atom stereocenters. The number of carbonyl (C=O) groups excluding carboxylic acids is 2.